The Labute approximate surface area is 289 Å². The summed E-state index contributed by atoms with van der Waals surface area (Å²) < 4.78 is 17.3. The molecule has 19 atom stereocenters. The van der Waals surface area contributed by atoms with Crippen LogP contribution in [0.4, 0.5) is 0 Å². The van der Waals surface area contributed by atoms with Gasteiger partial charge >= 0.3 is 5.97 Å². The maximum absolute atomic E-state index is 14.1. The smallest absolute Gasteiger partial charge is 0.317 e. The molecule has 7 aliphatic rings. The van der Waals surface area contributed by atoms with Gasteiger partial charge in [-0.3, -0.25) is 4.79 Å². The number of hydrogen-bond acceptors (Lipinski definition) is 12. The normalized spacial score (nSPS) is 58.7. The lowest BCUT2D eigenvalue weighted by Crippen LogP contribution is -2.65. The van der Waals surface area contributed by atoms with E-state index in [-0.39, 0.29) is 40.6 Å². The summed E-state index contributed by atoms with van der Waals surface area (Å²) in [6.07, 6.45) is -4.93. The summed E-state index contributed by atoms with van der Waals surface area (Å²) in [5.41, 5.74) is -3.56. The van der Waals surface area contributed by atoms with Gasteiger partial charge in [-0.05, 0) is 97.7 Å². The lowest BCUT2D eigenvalue weighted by molar-refractivity contribution is -0.300. The number of aliphatic hydroxyl groups excluding tert-OH is 7. The highest BCUT2D eigenvalue weighted by Gasteiger charge is 2.86. The highest BCUT2D eigenvalue weighted by molar-refractivity contribution is 5.78. The molecule has 0 aromatic heterocycles. The minimum atomic E-state index is -1.75. The van der Waals surface area contributed by atoms with Gasteiger partial charge in [0.1, 0.15) is 30.0 Å². The van der Waals surface area contributed by atoms with Gasteiger partial charge in [0, 0.05) is 18.3 Å². The van der Waals surface area contributed by atoms with Crippen LogP contribution in [0.2, 0.25) is 0 Å². The van der Waals surface area contributed by atoms with Crippen LogP contribution in [0.15, 0.2) is 0 Å². The Kier molecular flexibility index (Phi) is 8.57. The van der Waals surface area contributed by atoms with Crippen LogP contribution in [0, 0.1) is 56.7 Å². The van der Waals surface area contributed by atoms with Crippen LogP contribution in [0.25, 0.3) is 0 Å². The second-order valence-corrected chi connectivity index (χ2v) is 18.4. The number of ether oxygens (including phenoxy) is 3. The van der Waals surface area contributed by atoms with Crippen LogP contribution in [-0.2, 0) is 19.0 Å². The molecule has 12 nitrogen and oxygen atoms in total. The fraction of sp³-hybridized carbons (Fsp3) is 0.973. The van der Waals surface area contributed by atoms with E-state index in [9.17, 15) is 45.6 Å². The van der Waals surface area contributed by atoms with Crippen molar-refractivity contribution >= 4 is 5.97 Å². The van der Waals surface area contributed by atoms with Crippen LogP contribution >= 0.6 is 0 Å². The van der Waals surface area contributed by atoms with Gasteiger partial charge in [-0.25, -0.2) is 0 Å². The lowest BCUT2D eigenvalue weighted by atomic mass is 9.41. The largest absolute Gasteiger partial charge is 0.432 e. The summed E-state index contributed by atoms with van der Waals surface area (Å²) in [5, 5.41) is 86.1. The van der Waals surface area contributed by atoms with Crippen molar-refractivity contribution in [3.05, 3.63) is 0 Å². The first kappa shape index (κ1) is 36.4. The zero-order valence-electron chi connectivity index (χ0n) is 29.9. The minimum Gasteiger partial charge on any atom is -0.432 e. The maximum atomic E-state index is 14.1. The number of hydrogen-bond donors (Lipinski definition) is 8. The molecule has 0 amide bonds. The third kappa shape index (κ3) is 4.48. The third-order valence-corrected chi connectivity index (χ3v) is 16.8. The monoisotopic (exact) mass is 696 g/mol. The first-order valence-corrected chi connectivity index (χ1v) is 18.7. The van der Waals surface area contributed by atoms with Crippen molar-refractivity contribution in [1.29, 1.82) is 0 Å². The van der Waals surface area contributed by atoms with E-state index in [0.717, 1.165) is 38.5 Å². The zero-order chi connectivity index (χ0) is 35.9. The molecule has 2 aliphatic heterocycles. The second-order valence-electron chi connectivity index (χ2n) is 18.4. The SMILES string of the molecule is CC(C)[C@@]1(O)C[C@H]([C@@H](C)[C@H]2CC[C@@]3(C)[C@@H]4CC[C@H]5[C@](C)(C(=O)O[C@@H]6O[C@H](CO)[C@@H](O)[C@H](O)[C@H]6O)[C@@H](O)C[C@H](O)[C@@]56C[C@@]46CC[C@]23C)OC1O. The van der Waals surface area contributed by atoms with Crippen LogP contribution in [0.1, 0.15) is 99.3 Å². The molecule has 5 aliphatic carbocycles. The van der Waals surface area contributed by atoms with Crippen molar-refractivity contribution in [2.24, 2.45) is 56.7 Å². The molecule has 2 saturated heterocycles. The fourth-order valence-electron chi connectivity index (χ4n) is 13.5. The summed E-state index contributed by atoms with van der Waals surface area (Å²) >= 11 is 0. The standard InChI is InChI=1S/C37H60O12/c1-17(2)37(46)14-20(48-31(37)45)18(3)19-9-10-33(5)22-7-8-23-34(6,30(44)49-29-28(43)27(42)26(41)21(15-38)47-29)24(39)13-25(40)36(23)16-35(22,36)12-11-32(19,33)4/h17-29,31,38-43,45-46H,7-16H2,1-6H3/t18-,19+,20+,21+,22-,23-,24-,25-,26+,27-,28+,29-,31?,32+,33-,34-,35-,36+,37-/m0/s1. The summed E-state index contributed by atoms with van der Waals surface area (Å²) in [6.45, 7) is 11.9. The highest BCUT2D eigenvalue weighted by atomic mass is 16.7. The summed E-state index contributed by atoms with van der Waals surface area (Å²) in [7, 11) is 0. The van der Waals surface area contributed by atoms with Crippen LogP contribution in [-0.4, -0.2) is 114 Å². The van der Waals surface area contributed by atoms with Gasteiger partial charge in [0.2, 0.25) is 6.29 Å². The molecule has 1 unspecified atom stereocenters. The topological polar surface area (TPSA) is 207 Å². The Hall–Kier alpha value is -0.930. The number of rotatable bonds is 6. The van der Waals surface area contributed by atoms with E-state index in [4.69, 9.17) is 14.2 Å². The molecule has 2 spiro atoms. The first-order valence-electron chi connectivity index (χ1n) is 18.7. The van der Waals surface area contributed by atoms with Gasteiger partial charge in [-0.1, -0.05) is 34.6 Å². The van der Waals surface area contributed by atoms with E-state index in [2.05, 4.69) is 20.8 Å². The molecule has 7 fully saturated rings. The van der Waals surface area contributed by atoms with Gasteiger partial charge in [-0.15, -0.1) is 0 Å². The zero-order valence-corrected chi connectivity index (χ0v) is 29.9. The number of carbonyl (C=O) groups is 1. The van der Waals surface area contributed by atoms with Crippen LogP contribution in [0.5, 0.6) is 0 Å². The van der Waals surface area contributed by atoms with Crippen molar-refractivity contribution in [2.75, 3.05) is 6.61 Å². The molecule has 7 rings (SSSR count). The summed E-state index contributed by atoms with van der Waals surface area (Å²) in [4.78, 5) is 14.1. The molecule has 49 heavy (non-hydrogen) atoms. The Bertz CT molecular complexity index is 1310. The molecule has 2 heterocycles. The molecule has 5 saturated carbocycles. The maximum Gasteiger partial charge on any atom is 0.317 e. The summed E-state index contributed by atoms with van der Waals surface area (Å²) in [6, 6.07) is 0. The Morgan fingerprint density at radius 2 is 1.51 bits per heavy atom. The van der Waals surface area contributed by atoms with E-state index in [1.807, 2.05) is 13.8 Å². The van der Waals surface area contributed by atoms with Gasteiger partial charge in [-0.2, -0.15) is 0 Å². The third-order valence-electron chi connectivity index (χ3n) is 16.8. The first-order chi connectivity index (χ1) is 22.8. The molecule has 0 bridgehead atoms. The Morgan fingerprint density at radius 3 is 2.14 bits per heavy atom. The van der Waals surface area contributed by atoms with Gasteiger partial charge in [0.05, 0.1) is 30.3 Å². The van der Waals surface area contributed by atoms with E-state index in [1.165, 1.54) is 0 Å². The van der Waals surface area contributed by atoms with Gasteiger partial charge < -0.3 is 55.1 Å². The molecular weight excluding hydrogens is 636 g/mol. The van der Waals surface area contributed by atoms with E-state index >= 15 is 0 Å². The Balaban J connectivity index is 1.14. The highest BCUT2D eigenvalue weighted by Crippen LogP contribution is 2.89. The number of esters is 1. The van der Waals surface area contributed by atoms with Gasteiger partial charge in [0.15, 0.2) is 6.29 Å². The molecule has 0 aromatic rings. The number of carbonyl (C=O) groups excluding carboxylic acids is 1. The van der Waals surface area contributed by atoms with Crippen LogP contribution in [0.3, 0.4) is 0 Å². The van der Waals surface area contributed by atoms with Crippen molar-refractivity contribution in [1.82, 2.24) is 0 Å². The van der Waals surface area contributed by atoms with Gasteiger partial charge in [0.25, 0.3) is 0 Å². The lowest BCUT2D eigenvalue weighted by Gasteiger charge is -2.64. The van der Waals surface area contributed by atoms with E-state index in [0.29, 0.717) is 24.7 Å². The van der Waals surface area contributed by atoms with E-state index in [1.54, 1.807) is 6.92 Å². The van der Waals surface area contributed by atoms with E-state index < -0.39 is 84.1 Å². The molecule has 0 radical (unpaired) electrons. The predicted octanol–water partition coefficient (Wildman–Crippen LogP) is 1.21. The average Bonchev–Trinajstić information content (AvgIpc) is 3.54. The summed E-state index contributed by atoms with van der Waals surface area (Å²) in [5.74, 6) is -0.568. The molecular formula is C37H60O12. The Morgan fingerprint density at radius 1 is 0.837 bits per heavy atom. The average molecular weight is 697 g/mol. The molecule has 280 valence electrons. The number of fused-ring (bicyclic) bond motifs is 2. The quantitative estimate of drug-likeness (QED) is 0.185. The van der Waals surface area contributed by atoms with Crippen molar-refractivity contribution in [2.45, 2.75) is 160 Å². The predicted molar refractivity (Wildman–Crippen MR) is 173 cm³/mol. The van der Waals surface area contributed by atoms with Crippen molar-refractivity contribution < 1.29 is 59.9 Å². The number of aliphatic hydroxyl groups is 8. The fourth-order valence-corrected chi connectivity index (χ4v) is 13.5. The second kappa shape index (κ2) is 11.5. The van der Waals surface area contributed by atoms with Crippen LogP contribution < -0.4 is 0 Å². The van der Waals surface area contributed by atoms with Crippen molar-refractivity contribution in [3.63, 3.8) is 0 Å². The molecule has 12 heteroatoms. The van der Waals surface area contributed by atoms with Crippen molar-refractivity contribution in [3.8, 4) is 0 Å². The molecule has 8 N–H and O–H groups in total. The minimum absolute atomic E-state index is 0.0129. The molecule has 0 aromatic carbocycles.